The predicted octanol–water partition coefficient (Wildman–Crippen LogP) is 3.89. The maximum absolute atomic E-state index is 6.06. The second kappa shape index (κ2) is 6.29. The molecule has 108 valence electrons. The van der Waals surface area contributed by atoms with E-state index in [0.717, 1.165) is 28.9 Å². The molecule has 1 N–H and O–H groups in total. The Hall–Kier alpha value is -1.84. The van der Waals surface area contributed by atoms with Crippen LogP contribution >= 0.6 is 11.6 Å². The lowest BCUT2D eigenvalue weighted by atomic mass is 10.0. The van der Waals surface area contributed by atoms with E-state index >= 15 is 0 Å². The number of aromatic nitrogens is 2. The summed E-state index contributed by atoms with van der Waals surface area (Å²) in [4.78, 5) is 0. The number of rotatable bonds is 5. The predicted molar refractivity (Wildman–Crippen MR) is 87.9 cm³/mol. The second-order valence-corrected chi connectivity index (χ2v) is 5.55. The number of hydrogen-bond acceptors (Lipinski definition) is 2. The largest absolute Gasteiger partial charge is 0.320 e. The van der Waals surface area contributed by atoms with Crippen LogP contribution in [0.15, 0.2) is 54.7 Å². The van der Waals surface area contributed by atoms with Gasteiger partial charge in [-0.3, -0.25) is 4.68 Å². The molecule has 21 heavy (non-hydrogen) atoms. The number of nitrogens with zero attached hydrogens (tertiary/aromatic N) is 2. The molecule has 0 saturated carbocycles. The highest BCUT2D eigenvalue weighted by atomic mass is 35.5. The van der Waals surface area contributed by atoms with Crippen LogP contribution in [0.5, 0.6) is 0 Å². The van der Waals surface area contributed by atoms with Crippen LogP contribution in [0.4, 0.5) is 0 Å². The van der Waals surface area contributed by atoms with E-state index in [1.54, 1.807) is 0 Å². The molecule has 2 aromatic carbocycles. The smallest absolute Gasteiger partial charge is 0.0787 e. The molecule has 4 heteroatoms. The topological polar surface area (TPSA) is 29.9 Å². The third kappa shape index (κ3) is 2.94. The van der Waals surface area contributed by atoms with Crippen molar-refractivity contribution in [3.63, 3.8) is 0 Å². The van der Waals surface area contributed by atoms with Crippen LogP contribution < -0.4 is 5.32 Å². The number of hydrogen-bond donors (Lipinski definition) is 1. The van der Waals surface area contributed by atoms with Crippen molar-refractivity contribution in [3.05, 3.63) is 65.3 Å². The van der Waals surface area contributed by atoms with Crippen molar-refractivity contribution < 1.29 is 0 Å². The molecule has 3 rings (SSSR count). The van der Waals surface area contributed by atoms with E-state index < -0.39 is 0 Å². The molecule has 0 saturated heterocycles. The molecule has 0 amide bonds. The molecule has 0 aliphatic carbocycles. The Balaban J connectivity index is 2.06. The maximum Gasteiger partial charge on any atom is 0.0787 e. The van der Waals surface area contributed by atoms with Gasteiger partial charge in [-0.05, 0) is 43.8 Å². The van der Waals surface area contributed by atoms with Crippen LogP contribution in [0.25, 0.3) is 10.9 Å². The first kappa shape index (κ1) is 14.1. The third-order valence-corrected chi connectivity index (χ3v) is 3.94. The van der Waals surface area contributed by atoms with Crippen LogP contribution in [-0.2, 0) is 0 Å². The molecule has 0 aliphatic heterocycles. The van der Waals surface area contributed by atoms with E-state index in [-0.39, 0.29) is 6.04 Å². The van der Waals surface area contributed by atoms with Crippen LogP contribution in [0, 0.1) is 0 Å². The van der Waals surface area contributed by atoms with Gasteiger partial charge >= 0.3 is 0 Å². The monoisotopic (exact) mass is 299 g/mol. The van der Waals surface area contributed by atoms with Crippen LogP contribution in [-0.4, -0.2) is 23.4 Å². The van der Waals surface area contributed by atoms with Crippen LogP contribution in [0.1, 0.15) is 18.0 Å². The van der Waals surface area contributed by atoms with Crippen molar-refractivity contribution in [1.82, 2.24) is 15.1 Å². The van der Waals surface area contributed by atoms with Crippen LogP contribution in [0.3, 0.4) is 0 Å². The van der Waals surface area contributed by atoms with Gasteiger partial charge in [-0.25, -0.2) is 0 Å². The highest BCUT2D eigenvalue weighted by molar-refractivity contribution is 6.31. The lowest BCUT2D eigenvalue weighted by Gasteiger charge is -2.19. The van der Waals surface area contributed by atoms with Gasteiger partial charge in [0.2, 0.25) is 0 Å². The number of nitrogens with one attached hydrogen (secondary N) is 1. The molecule has 1 aromatic heterocycles. The lowest BCUT2D eigenvalue weighted by molar-refractivity contribution is 0.494. The normalized spacial score (nSPS) is 12.7. The Kier molecular flexibility index (Phi) is 4.23. The van der Waals surface area contributed by atoms with Crippen molar-refractivity contribution >= 4 is 22.5 Å². The molecule has 0 aliphatic rings. The summed E-state index contributed by atoms with van der Waals surface area (Å²) in [5.41, 5.74) is 2.39. The zero-order valence-corrected chi connectivity index (χ0v) is 12.7. The Bertz CT molecular complexity index is 721. The van der Waals surface area contributed by atoms with E-state index in [0.29, 0.717) is 0 Å². The Morgan fingerprint density at radius 2 is 2.00 bits per heavy atom. The molecule has 0 radical (unpaired) electrons. The average Bonchev–Trinajstić information content (AvgIpc) is 2.92. The zero-order valence-electron chi connectivity index (χ0n) is 12.0. The number of benzene rings is 2. The SMILES string of the molecule is CNCCC(c1ccccc1)n1ncc2cc(Cl)ccc21. The molecule has 0 bridgehead atoms. The number of halogens is 1. The van der Waals surface area contributed by atoms with E-state index in [1.807, 2.05) is 37.5 Å². The van der Waals surface area contributed by atoms with Crippen molar-refractivity contribution in [2.45, 2.75) is 12.5 Å². The van der Waals surface area contributed by atoms with Crippen molar-refractivity contribution in [3.8, 4) is 0 Å². The fourth-order valence-electron chi connectivity index (χ4n) is 2.66. The Morgan fingerprint density at radius 1 is 1.19 bits per heavy atom. The first-order valence-electron chi connectivity index (χ1n) is 7.12. The summed E-state index contributed by atoms with van der Waals surface area (Å²) in [5.74, 6) is 0. The van der Waals surface area contributed by atoms with Crippen molar-refractivity contribution in [1.29, 1.82) is 0 Å². The van der Waals surface area contributed by atoms with Gasteiger partial charge < -0.3 is 5.32 Å². The van der Waals surface area contributed by atoms with Gasteiger partial charge in [-0.2, -0.15) is 5.10 Å². The minimum atomic E-state index is 0.220. The van der Waals surface area contributed by atoms with Gasteiger partial charge in [0.1, 0.15) is 0 Å². The zero-order chi connectivity index (χ0) is 14.7. The molecule has 1 heterocycles. The lowest BCUT2D eigenvalue weighted by Crippen LogP contribution is -2.18. The number of fused-ring (bicyclic) bond motifs is 1. The van der Waals surface area contributed by atoms with E-state index in [1.165, 1.54) is 5.56 Å². The minimum Gasteiger partial charge on any atom is -0.320 e. The molecule has 3 nitrogen and oxygen atoms in total. The van der Waals surface area contributed by atoms with Gasteiger partial charge in [-0.15, -0.1) is 0 Å². The fourth-order valence-corrected chi connectivity index (χ4v) is 2.84. The average molecular weight is 300 g/mol. The first-order chi connectivity index (χ1) is 10.3. The third-order valence-electron chi connectivity index (χ3n) is 3.70. The maximum atomic E-state index is 6.06. The van der Waals surface area contributed by atoms with Gasteiger partial charge in [0.15, 0.2) is 0 Å². The molecular weight excluding hydrogens is 282 g/mol. The molecule has 1 unspecified atom stereocenters. The minimum absolute atomic E-state index is 0.220. The molecule has 0 fully saturated rings. The highest BCUT2D eigenvalue weighted by Crippen LogP contribution is 2.27. The van der Waals surface area contributed by atoms with Crippen molar-refractivity contribution in [2.24, 2.45) is 0 Å². The van der Waals surface area contributed by atoms with Crippen molar-refractivity contribution in [2.75, 3.05) is 13.6 Å². The van der Waals surface area contributed by atoms with E-state index in [2.05, 4.69) is 39.4 Å². The highest BCUT2D eigenvalue weighted by Gasteiger charge is 2.16. The summed E-state index contributed by atoms with van der Waals surface area (Å²) in [6.07, 6.45) is 2.87. The standard InChI is InChI=1S/C17H18ClN3/c1-19-10-9-17(13-5-3-2-4-6-13)21-16-8-7-15(18)11-14(16)12-20-21/h2-8,11-12,17,19H,9-10H2,1H3. The van der Waals surface area contributed by atoms with E-state index in [9.17, 15) is 0 Å². The fraction of sp³-hybridized carbons (Fsp3) is 0.235. The quantitative estimate of drug-likeness (QED) is 0.774. The molecule has 3 aromatic rings. The Labute approximate surface area is 129 Å². The summed E-state index contributed by atoms with van der Waals surface area (Å²) in [7, 11) is 1.98. The van der Waals surface area contributed by atoms with Gasteiger partial charge in [0.25, 0.3) is 0 Å². The van der Waals surface area contributed by atoms with Gasteiger partial charge in [0, 0.05) is 10.4 Å². The molecule has 0 spiro atoms. The van der Waals surface area contributed by atoms with Crippen LogP contribution in [0.2, 0.25) is 5.02 Å². The summed E-state index contributed by atoms with van der Waals surface area (Å²) in [6.45, 7) is 0.939. The summed E-state index contributed by atoms with van der Waals surface area (Å²) in [6, 6.07) is 16.6. The first-order valence-corrected chi connectivity index (χ1v) is 7.49. The molecular formula is C17H18ClN3. The van der Waals surface area contributed by atoms with E-state index in [4.69, 9.17) is 11.6 Å². The summed E-state index contributed by atoms with van der Waals surface area (Å²) >= 11 is 6.06. The second-order valence-electron chi connectivity index (χ2n) is 5.11. The summed E-state index contributed by atoms with van der Waals surface area (Å²) < 4.78 is 2.10. The van der Waals surface area contributed by atoms with Gasteiger partial charge in [-0.1, -0.05) is 41.9 Å². The van der Waals surface area contributed by atoms with Gasteiger partial charge in [0.05, 0.1) is 17.8 Å². The molecule has 1 atom stereocenters. The Morgan fingerprint density at radius 3 is 2.76 bits per heavy atom. The summed E-state index contributed by atoms with van der Waals surface area (Å²) in [5, 5.41) is 9.64.